The summed E-state index contributed by atoms with van der Waals surface area (Å²) in [6, 6.07) is 6.84. The Morgan fingerprint density at radius 2 is 1.67 bits per heavy atom. The molecule has 0 radical (unpaired) electrons. The fraction of sp³-hybridized carbons (Fsp3) is 0.235. The number of hydrogen-bond donors (Lipinski definition) is 1. The number of aryl methyl sites for hydroxylation is 2. The predicted molar refractivity (Wildman–Crippen MR) is 90.8 cm³/mol. The van der Waals surface area contributed by atoms with Crippen LogP contribution in [0.4, 0.5) is 5.69 Å². The maximum Gasteiger partial charge on any atom is 0.284 e. The molecule has 0 aliphatic heterocycles. The first-order valence-corrected chi connectivity index (χ1v) is 7.32. The maximum atomic E-state index is 11.5. The molecule has 7 nitrogen and oxygen atoms in total. The van der Waals surface area contributed by atoms with E-state index < -0.39 is 4.92 Å². The Balaban J connectivity index is 2.26. The van der Waals surface area contributed by atoms with E-state index in [1.165, 1.54) is 20.3 Å². The number of methoxy groups -OCH3 is 2. The van der Waals surface area contributed by atoms with Crippen molar-refractivity contribution < 1.29 is 14.4 Å². The number of aromatic nitrogens is 2. The summed E-state index contributed by atoms with van der Waals surface area (Å²) in [6.07, 6.45) is 0. The molecule has 1 N–H and O–H groups in total. The predicted octanol–water partition coefficient (Wildman–Crippen LogP) is 3.77. The molecule has 0 saturated carbocycles. The van der Waals surface area contributed by atoms with Crippen LogP contribution in [0.3, 0.4) is 0 Å². The van der Waals surface area contributed by atoms with Crippen molar-refractivity contribution in [2.75, 3.05) is 14.2 Å². The summed E-state index contributed by atoms with van der Waals surface area (Å²) in [4.78, 5) is 18.7. The number of hydrogen-bond acceptors (Lipinski definition) is 5. The van der Waals surface area contributed by atoms with Crippen LogP contribution in [-0.2, 0) is 0 Å². The Bertz CT molecular complexity index is 908. The number of nitrogens with zero attached hydrogens (tertiary/aromatic N) is 2. The molecule has 2 aromatic carbocycles. The number of nitrogens with one attached hydrogen (secondary N) is 1. The smallest absolute Gasteiger partial charge is 0.284 e. The molecule has 0 amide bonds. The second-order valence-electron chi connectivity index (χ2n) is 5.52. The van der Waals surface area contributed by atoms with Gasteiger partial charge in [-0.2, -0.15) is 0 Å². The topological polar surface area (TPSA) is 90.3 Å². The number of benzene rings is 2. The van der Waals surface area contributed by atoms with Gasteiger partial charge in [-0.1, -0.05) is 0 Å². The zero-order valence-electron chi connectivity index (χ0n) is 13.8. The molecule has 124 valence electrons. The molecule has 3 rings (SSSR count). The Morgan fingerprint density at radius 1 is 1.04 bits per heavy atom. The molecule has 0 bridgehead atoms. The highest BCUT2D eigenvalue weighted by Crippen LogP contribution is 2.39. The van der Waals surface area contributed by atoms with E-state index >= 15 is 0 Å². The zero-order valence-corrected chi connectivity index (χ0v) is 13.8. The SMILES string of the molecule is COc1cc(-c2nc3cc(C)c(C)cc3[nH]2)c([N+](=O)[O-])cc1OC. The molecule has 0 fully saturated rings. The molecule has 0 unspecified atom stereocenters. The second kappa shape index (κ2) is 5.84. The van der Waals surface area contributed by atoms with Crippen molar-refractivity contribution in [3.8, 4) is 22.9 Å². The fourth-order valence-electron chi connectivity index (χ4n) is 2.61. The van der Waals surface area contributed by atoms with Gasteiger partial charge in [0.25, 0.3) is 5.69 Å². The third kappa shape index (κ3) is 2.54. The van der Waals surface area contributed by atoms with Gasteiger partial charge in [-0.25, -0.2) is 4.98 Å². The van der Waals surface area contributed by atoms with E-state index in [4.69, 9.17) is 9.47 Å². The third-order valence-corrected chi connectivity index (χ3v) is 4.05. The number of aromatic amines is 1. The zero-order chi connectivity index (χ0) is 17.4. The van der Waals surface area contributed by atoms with Crippen molar-refractivity contribution in [3.05, 3.63) is 45.5 Å². The number of nitro benzene ring substituents is 1. The summed E-state index contributed by atoms with van der Waals surface area (Å²) in [5, 5.41) is 11.5. The Morgan fingerprint density at radius 3 is 2.29 bits per heavy atom. The second-order valence-corrected chi connectivity index (χ2v) is 5.52. The van der Waals surface area contributed by atoms with Crippen molar-refractivity contribution in [2.45, 2.75) is 13.8 Å². The highest BCUT2D eigenvalue weighted by molar-refractivity contribution is 5.83. The van der Waals surface area contributed by atoms with Crippen molar-refractivity contribution in [1.29, 1.82) is 0 Å². The highest BCUT2D eigenvalue weighted by Gasteiger charge is 2.23. The number of ether oxygens (including phenoxy) is 2. The minimum atomic E-state index is -0.457. The van der Waals surface area contributed by atoms with Crippen molar-refractivity contribution in [3.63, 3.8) is 0 Å². The van der Waals surface area contributed by atoms with Crippen molar-refractivity contribution >= 4 is 16.7 Å². The maximum absolute atomic E-state index is 11.5. The summed E-state index contributed by atoms with van der Waals surface area (Å²) < 4.78 is 10.4. The van der Waals surface area contributed by atoms with Gasteiger partial charge in [-0.05, 0) is 37.1 Å². The standard InChI is InChI=1S/C17H17N3O4/c1-9-5-12-13(6-10(9)2)19-17(18-12)11-7-15(23-3)16(24-4)8-14(11)20(21)22/h5-8H,1-4H3,(H,18,19). The van der Waals surface area contributed by atoms with Crippen LogP contribution < -0.4 is 9.47 Å². The largest absolute Gasteiger partial charge is 0.493 e. The van der Waals surface area contributed by atoms with Gasteiger partial charge in [-0.3, -0.25) is 10.1 Å². The van der Waals surface area contributed by atoms with E-state index in [1.54, 1.807) is 6.07 Å². The van der Waals surface area contributed by atoms with E-state index in [1.807, 2.05) is 26.0 Å². The van der Waals surface area contributed by atoms with Gasteiger partial charge in [0.05, 0.1) is 41.8 Å². The van der Waals surface area contributed by atoms with Crippen LogP contribution in [0.25, 0.3) is 22.4 Å². The minimum absolute atomic E-state index is 0.0971. The minimum Gasteiger partial charge on any atom is -0.493 e. The number of nitro groups is 1. The van der Waals surface area contributed by atoms with E-state index in [0.717, 1.165) is 22.2 Å². The lowest BCUT2D eigenvalue weighted by molar-refractivity contribution is -0.384. The monoisotopic (exact) mass is 327 g/mol. The van der Waals surface area contributed by atoms with Crippen LogP contribution in [-0.4, -0.2) is 29.1 Å². The van der Waals surface area contributed by atoms with Crippen molar-refractivity contribution in [1.82, 2.24) is 9.97 Å². The first kappa shape index (κ1) is 15.8. The molecule has 3 aromatic rings. The van der Waals surface area contributed by atoms with E-state index in [-0.39, 0.29) is 5.69 Å². The fourth-order valence-corrected chi connectivity index (χ4v) is 2.61. The van der Waals surface area contributed by atoms with Crippen LogP contribution >= 0.6 is 0 Å². The van der Waals surface area contributed by atoms with Crippen molar-refractivity contribution in [2.24, 2.45) is 0 Å². The molecule has 0 aliphatic rings. The van der Waals surface area contributed by atoms with E-state index in [9.17, 15) is 10.1 Å². The summed E-state index contributed by atoms with van der Waals surface area (Å²) in [7, 11) is 2.92. The van der Waals surface area contributed by atoms with Crippen LogP contribution in [0, 0.1) is 24.0 Å². The Labute approximate surface area is 138 Å². The average molecular weight is 327 g/mol. The molecule has 0 aliphatic carbocycles. The lowest BCUT2D eigenvalue weighted by Gasteiger charge is -2.09. The summed E-state index contributed by atoms with van der Waals surface area (Å²) in [5.74, 6) is 1.13. The first-order chi connectivity index (χ1) is 11.4. The summed E-state index contributed by atoms with van der Waals surface area (Å²) in [6.45, 7) is 4.01. The third-order valence-electron chi connectivity index (χ3n) is 4.05. The normalized spacial score (nSPS) is 10.8. The van der Waals surface area contributed by atoms with Gasteiger partial charge in [0.1, 0.15) is 5.82 Å². The molecular weight excluding hydrogens is 310 g/mol. The van der Waals surface area contributed by atoms with Gasteiger partial charge in [0.2, 0.25) is 0 Å². The molecule has 24 heavy (non-hydrogen) atoms. The van der Waals surface area contributed by atoms with Gasteiger partial charge >= 0.3 is 0 Å². The lowest BCUT2D eigenvalue weighted by Crippen LogP contribution is -1.97. The lowest BCUT2D eigenvalue weighted by atomic mass is 10.1. The van der Waals surface area contributed by atoms with E-state index in [0.29, 0.717) is 22.9 Å². The number of fused-ring (bicyclic) bond motifs is 1. The number of H-pyrrole nitrogens is 1. The molecule has 0 atom stereocenters. The Hall–Kier alpha value is -3.09. The molecular formula is C17H17N3O4. The molecule has 0 saturated heterocycles. The van der Waals surface area contributed by atoms with Crippen LogP contribution in [0.5, 0.6) is 11.5 Å². The van der Waals surface area contributed by atoms with Crippen LogP contribution in [0.2, 0.25) is 0 Å². The average Bonchev–Trinajstić information content (AvgIpc) is 2.96. The van der Waals surface area contributed by atoms with Gasteiger partial charge in [-0.15, -0.1) is 0 Å². The Kier molecular flexibility index (Phi) is 3.84. The highest BCUT2D eigenvalue weighted by atomic mass is 16.6. The summed E-state index contributed by atoms with van der Waals surface area (Å²) in [5.41, 5.74) is 4.08. The molecule has 1 heterocycles. The molecule has 0 spiro atoms. The molecule has 1 aromatic heterocycles. The van der Waals surface area contributed by atoms with Crippen LogP contribution in [0.15, 0.2) is 24.3 Å². The van der Waals surface area contributed by atoms with Gasteiger partial charge in [0, 0.05) is 6.07 Å². The van der Waals surface area contributed by atoms with Gasteiger partial charge in [0.15, 0.2) is 11.5 Å². The van der Waals surface area contributed by atoms with Gasteiger partial charge < -0.3 is 14.5 Å². The first-order valence-electron chi connectivity index (χ1n) is 7.32. The van der Waals surface area contributed by atoms with E-state index in [2.05, 4.69) is 9.97 Å². The quantitative estimate of drug-likeness (QED) is 0.582. The van der Waals surface area contributed by atoms with Crippen LogP contribution in [0.1, 0.15) is 11.1 Å². The molecule has 7 heteroatoms. The number of imidazole rings is 1. The summed E-state index contributed by atoms with van der Waals surface area (Å²) >= 11 is 0. The number of rotatable bonds is 4.